The van der Waals surface area contributed by atoms with Gasteiger partial charge in [0.2, 0.25) is 0 Å². The first-order valence-corrected chi connectivity index (χ1v) is 9.33. The lowest BCUT2D eigenvalue weighted by molar-refractivity contribution is 0.0944. The van der Waals surface area contributed by atoms with Crippen molar-refractivity contribution in [2.75, 3.05) is 13.1 Å². The summed E-state index contributed by atoms with van der Waals surface area (Å²) in [6.45, 7) is 5.94. The van der Waals surface area contributed by atoms with Gasteiger partial charge < -0.3 is 10.6 Å². The summed E-state index contributed by atoms with van der Waals surface area (Å²) in [5, 5.41) is 11.2. The van der Waals surface area contributed by atoms with Crippen molar-refractivity contribution >= 4 is 5.91 Å². The lowest BCUT2D eigenvalue weighted by atomic mass is 10.1. The maximum atomic E-state index is 12.7. The quantitative estimate of drug-likeness (QED) is 0.900. The van der Waals surface area contributed by atoms with Crippen molar-refractivity contribution in [3.05, 3.63) is 46.3 Å². The predicted molar refractivity (Wildman–Crippen MR) is 98.4 cm³/mol. The third-order valence-electron chi connectivity index (χ3n) is 5.40. The first-order chi connectivity index (χ1) is 12.1. The molecule has 1 saturated heterocycles. The van der Waals surface area contributed by atoms with Gasteiger partial charge >= 0.3 is 0 Å². The summed E-state index contributed by atoms with van der Waals surface area (Å²) in [6.07, 6.45) is 5.37. The highest BCUT2D eigenvalue weighted by Gasteiger charge is 2.27. The van der Waals surface area contributed by atoms with Crippen molar-refractivity contribution in [1.29, 1.82) is 0 Å². The molecule has 2 N–H and O–H groups in total. The molecule has 4 rings (SSSR count). The molecule has 0 bridgehead atoms. The second kappa shape index (κ2) is 6.64. The van der Waals surface area contributed by atoms with Crippen molar-refractivity contribution in [3.8, 4) is 5.69 Å². The van der Waals surface area contributed by atoms with Crippen molar-refractivity contribution in [3.63, 3.8) is 0 Å². The van der Waals surface area contributed by atoms with Crippen LogP contribution in [0, 0.1) is 13.8 Å². The number of aryl methyl sites for hydroxylation is 2. The third-order valence-corrected chi connectivity index (χ3v) is 5.40. The lowest BCUT2D eigenvalue weighted by Crippen LogP contribution is -2.37. The molecule has 2 heterocycles. The number of hydrogen-bond acceptors (Lipinski definition) is 3. The van der Waals surface area contributed by atoms with E-state index >= 15 is 0 Å². The van der Waals surface area contributed by atoms with Gasteiger partial charge in [0, 0.05) is 23.8 Å². The van der Waals surface area contributed by atoms with Gasteiger partial charge in [-0.05, 0) is 64.1 Å². The summed E-state index contributed by atoms with van der Waals surface area (Å²) in [7, 11) is 0. The van der Waals surface area contributed by atoms with E-state index in [0.29, 0.717) is 18.3 Å². The van der Waals surface area contributed by atoms with Gasteiger partial charge in [-0.1, -0.05) is 17.7 Å². The van der Waals surface area contributed by atoms with Gasteiger partial charge in [0.25, 0.3) is 5.91 Å². The van der Waals surface area contributed by atoms with E-state index in [4.69, 9.17) is 5.10 Å². The predicted octanol–water partition coefficient (Wildman–Crippen LogP) is 2.46. The summed E-state index contributed by atoms with van der Waals surface area (Å²) in [6, 6.07) is 6.79. The Labute approximate surface area is 148 Å². The van der Waals surface area contributed by atoms with Crippen LogP contribution >= 0.6 is 0 Å². The van der Waals surface area contributed by atoms with Crippen LogP contribution in [0.2, 0.25) is 0 Å². The summed E-state index contributed by atoms with van der Waals surface area (Å²) in [5.41, 5.74) is 6.48. The molecule has 1 aromatic carbocycles. The maximum Gasteiger partial charge on any atom is 0.272 e. The highest BCUT2D eigenvalue weighted by Crippen LogP contribution is 2.29. The zero-order chi connectivity index (χ0) is 17.4. The number of nitrogens with one attached hydrogen (secondary N) is 2. The van der Waals surface area contributed by atoms with Crippen LogP contribution in [0.3, 0.4) is 0 Å². The Hall–Kier alpha value is -2.14. The molecule has 1 aliphatic carbocycles. The number of fused-ring (bicyclic) bond motifs is 1. The van der Waals surface area contributed by atoms with Gasteiger partial charge in [-0.25, -0.2) is 4.68 Å². The Balaban J connectivity index is 1.62. The molecule has 1 aliphatic heterocycles. The average Bonchev–Trinajstić information content (AvgIpc) is 3.31. The first kappa shape index (κ1) is 16.3. The fraction of sp³-hybridized carbons (Fsp3) is 0.500. The minimum absolute atomic E-state index is 0.0321. The second-order valence-electron chi connectivity index (χ2n) is 7.33. The Bertz CT molecular complexity index is 802. The van der Waals surface area contributed by atoms with E-state index in [1.54, 1.807) is 0 Å². The Morgan fingerprint density at radius 1 is 1.32 bits per heavy atom. The number of amides is 1. The van der Waals surface area contributed by atoms with Crippen LogP contribution in [0.1, 0.15) is 52.1 Å². The van der Waals surface area contributed by atoms with Crippen LogP contribution in [0.15, 0.2) is 18.2 Å². The molecule has 2 aliphatic rings. The molecule has 0 spiro atoms. The van der Waals surface area contributed by atoms with Gasteiger partial charge in [-0.15, -0.1) is 0 Å². The van der Waals surface area contributed by atoms with Gasteiger partial charge in [-0.3, -0.25) is 4.79 Å². The zero-order valence-corrected chi connectivity index (χ0v) is 15.1. The van der Waals surface area contributed by atoms with Crippen LogP contribution < -0.4 is 10.6 Å². The smallest absolute Gasteiger partial charge is 0.272 e. The normalized spacial score (nSPS) is 19.2. The van der Waals surface area contributed by atoms with E-state index in [9.17, 15) is 4.79 Å². The standard InChI is InChI=1S/C20H26N4O/c1-13-8-9-17(14(2)11-13)24-18-7-3-6-16(18)19(23-24)20(25)22-12-15-5-4-10-21-15/h8-9,11,15,21H,3-7,10,12H2,1-2H3,(H,22,25). The van der Waals surface area contributed by atoms with E-state index < -0.39 is 0 Å². The highest BCUT2D eigenvalue weighted by molar-refractivity contribution is 5.94. The van der Waals surface area contributed by atoms with Gasteiger partial charge in [0.15, 0.2) is 5.69 Å². The monoisotopic (exact) mass is 338 g/mol. The fourth-order valence-corrected chi connectivity index (χ4v) is 4.09. The van der Waals surface area contributed by atoms with E-state index in [1.165, 1.54) is 23.2 Å². The summed E-state index contributed by atoms with van der Waals surface area (Å²) < 4.78 is 2.00. The Morgan fingerprint density at radius 2 is 2.20 bits per heavy atom. The molecule has 5 heteroatoms. The topological polar surface area (TPSA) is 59.0 Å². The number of rotatable bonds is 4. The lowest BCUT2D eigenvalue weighted by Gasteiger charge is -2.11. The van der Waals surface area contributed by atoms with Crippen LogP contribution in [-0.2, 0) is 12.8 Å². The van der Waals surface area contributed by atoms with Crippen molar-refractivity contribution < 1.29 is 4.79 Å². The third kappa shape index (κ3) is 3.09. The summed E-state index contributed by atoms with van der Waals surface area (Å²) in [5.74, 6) is -0.0321. The van der Waals surface area contributed by atoms with Crippen LogP contribution in [0.4, 0.5) is 0 Å². The van der Waals surface area contributed by atoms with Crippen molar-refractivity contribution in [2.45, 2.75) is 52.0 Å². The molecule has 25 heavy (non-hydrogen) atoms. The molecule has 1 amide bonds. The number of benzene rings is 1. The van der Waals surface area contributed by atoms with E-state index in [1.807, 2.05) is 4.68 Å². The molecule has 1 aromatic heterocycles. The Kier molecular flexibility index (Phi) is 4.34. The highest BCUT2D eigenvalue weighted by atomic mass is 16.2. The van der Waals surface area contributed by atoms with Crippen molar-refractivity contribution in [1.82, 2.24) is 20.4 Å². The second-order valence-corrected chi connectivity index (χ2v) is 7.33. The zero-order valence-electron chi connectivity index (χ0n) is 15.1. The average molecular weight is 338 g/mol. The molecular weight excluding hydrogens is 312 g/mol. The maximum absolute atomic E-state index is 12.7. The molecule has 132 valence electrons. The largest absolute Gasteiger partial charge is 0.349 e. The summed E-state index contributed by atoms with van der Waals surface area (Å²) in [4.78, 5) is 12.7. The number of nitrogens with zero attached hydrogens (tertiary/aromatic N) is 2. The molecule has 1 unspecified atom stereocenters. The molecule has 2 aromatic rings. The van der Waals surface area contributed by atoms with Crippen LogP contribution in [0.5, 0.6) is 0 Å². The van der Waals surface area contributed by atoms with E-state index in [2.05, 4.69) is 42.7 Å². The minimum atomic E-state index is -0.0321. The molecule has 5 nitrogen and oxygen atoms in total. The van der Waals surface area contributed by atoms with Gasteiger partial charge in [0.05, 0.1) is 5.69 Å². The molecule has 0 saturated carbocycles. The molecular formula is C20H26N4O. The number of carbonyl (C=O) groups excluding carboxylic acids is 1. The van der Waals surface area contributed by atoms with Crippen molar-refractivity contribution in [2.24, 2.45) is 0 Å². The number of hydrogen-bond donors (Lipinski definition) is 2. The van der Waals surface area contributed by atoms with Gasteiger partial charge in [-0.2, -0.15) is 5.10 Å². The first-order valence-electron chi connectivity index (χ1n) is 9.33. The molecule has 0 radical (unpaired) electrons. The summed E-state index contributed by atoms with van der Waals surface area (Å²) >= 11 is 0. The number of aromatic nitrogens is 2. The SMILES string of the molecule is Cc1ccc(-n2nc(C(=O)NCC3CCCN3)c3c2CCC3)c(C)c1. The van der Waals surface area contributed by atoms with Crippen LogP contribution in [0.25, 0.3) is 5.69 Å². The van der Waals surface area contributed by atoms with E-state index in [-0.39, 0.29) is 5.91 Å². The van der Waals surface area contributed by atoms with Crippen LogP contribution in [-0.4, -0.2) is 34.8 Å². The Morgan fingerprint density at radius 3 is 2.96 bits per heavy atom. The van der Waals surface area contributed by atoms with E-state index in [0.717, 1.165) is 43.5 Å². The molecule has 1 atom stereocenters. The molecule has 1 fully saturated rings. The number of carbonyl (C=O) groups is 1. The van der Waals surface area contributed by atoms with Gasteiger partial charge in [0.1, 0.15) is 0 Å². The minimum Gasteiger partial charge on any atom is -0.349 e. The fourth-order valence-electron chi connectivity index (χ4n) is 4.09.